The van der Waals surface area contributed by atoms with Crippen LogP contribution in [0, 0.1) is 5.41 Å². The minimum atomic E-state index is -0.555. The highest BCUT2D eigenvalue weighted by Gasteiger charge is 2.39. The Morgan fingerprint density at radius 1 is 1.44 bits per heavy atom. The summed E-state index contributed by atoms with van der Waals surface area (Å²) in [6.07, 6.45) is 8.56. The molecule has 2 rings (SSSR count). The van der Waals surface area contributed by atoms with Crippen LogP contribution in [-0.2, 0) is 9.47 Å². The molecule has 0 saturated heterocycles. The quantitative estimate of drug-likeness (QED) is 0.505. The van der Waals surface area contributed by atoms with Crippen molar-refractivity contribution in [3.05, 3.63) is 11.6 Å². The van der Waals surface area contributed by atoms with E-state index in [2.05, 4.69) is 17.7 Å². The van der Waals surface area contributed by atoms with Crippen LogP contribution in [0.15, 0.2) is 11.6 Å². The number of methoxy groups -OCH3 is 1. The molecule has 0 heterocycles. The van der Waals surface area contributed by atoms with E-state index in [0.29, 0.717) is 0 Å². The second-order valence-corrected chi connectivity index (χ2v) is 5.07. The predicted octanol–water partition coefficient (Wildman–Crippen LogP) is 3.44. The predicted molar refractivity (Wildman–Crippen MR) is 61.2 cm³/mol. The van der Waals surface area contributed by atoms with Crippen LogP contribution in [0.2, 0.25) is 0 Å². The van der Waals surface area contributed by atoms with Gasteiger partial charge in [0.1, 0.15) is 6.10 Å². The van der Waals surface area contributed by atoms with E-state index in [0.717, 1.165) is 19.3 Å². The molecule has 0 radical (unpaired) electrons. The van der Waals surface area contributed by atoms with Crippen molar-refractivity contribution in [3.8, 4) is 0 Å². The number of ether oxygens (including phenoxy) is 2. The third-order valence-corrected chi connectivity index (χ3v) is 3.94. The summed E-state index contributed by atoms with van der Waals surface area (Å²) < 4.78 is 9.92. The van der Waals surface area contributed by atoms with Crippen LogP contribution in [-0.4, -0.2) is 19.4 Å². The lowest BCUT2D eigenvalue weighted by Gasteiger charge is -2.42. The molecule has 3 nitrogen and oxygen atoms in total. The molecule has 2 atom stereocenters. The summed E-state index contributed by atoms with van der Waals surface area (Å²) in [5.41, 5.74) is 1.59. The number of hydrogen-bond acceptors (Lipinski definition) is 3. The van der Waals surface area contributed by atoms with E-state index in [-0.39, 0.29) is 11.5 Å². The summed E-state index contributed by atoms with van der Waals surface area (Å²) in [6.45, 7) is 2.30. The molecule has 0 N–H and O–H groups in total. The molecule has 0 spiro atoms. The Morgan fingerprint density at radius 2 is 2.19 bits per heavy atom. The Kier molecular flexibility index (Phi) is 3.22. The summed E-state index contributed by atoms with van der Waals surface area (Å²) >= 11 is 0. The van der Waals surface area contributed by atoms with Crippen LogP contribution in [0.3, 0.4) is 0 Å². The van der Waals surface area contributed by atoms with Crippen molar-refractivity contribution in [2.75, 3.05) is 7.11 Å². The summed E-state index contributed by atoms with van der Waals surface area (Å²) in [7, 11) is 1.36. The van der Waals surface area contributed by atoms with Crippen LogP contribution >= 0.6 is 0 Å². The number of allylic oxidation sites excluding steroid dienone is 1. The fourth-order valence-corrected chi connectivity index (χ4v) is 3.05. The van der Waals surface area contributed by atoms with Crippen molar-refractivity contribution in [2.45, 2.75) is 51.6 Å². The molecule has 0 bridgehead atoms. The van der Waals surface area contributed by atoms with Gasteiger partial charge >= 0.3 is 6.16 Å². The van der Waals surface area contributed by atoms with Gasteiger partial charge in [-0.25, -0.2) is 4.79 Å². The van der Waals surface area contributed by atoms with Gasteiger partial charge in [-0.1, -0.05) is 13.0 Å². The van der Waals surface area contributed by atoms with Gasteiger partial charge in [0, 0.05) is 0 Å². The van der Waals surface area contributed by atoms with Gasteiger partial charge in [-0.15, -0.1) is 0 Å². The van der Waals surface area contributed by atoms with Crippen molar-refractivity contribution in [2.24, 2.45) is 5.41 Å². The SMILES string of the molecule is COC(=O)O[C@H]1CCC[C@@]2(C)CCCC=C12. The normalized spacial score (nSPS) is 33.6. The number of rotatable bonds is 1. The molecule has 0 aromatic rings. The first-order chi connectivity index (χ1) is 7.65. The summed E-state index contributed by atoms with van der Waals surface area (Å²) in [4.78, 5) is 11.2. The van der Waals surface area contributed by atoms with Crippen molar-refractivity contribution in [1.82, 2.24) is 0 Å². The summed E-state index contributed by atoms with van der Waals surface area (Å²) in [5.74, 6) is 0. The van der Waals surface area contributed by atoms with E-state index in [1.807, 2.05) is 0 Å². The average Bonchev–Trinajstić information content (AvgIpc) is 2.28. The molecule has 16 heavy (non-hydrogen) atoms. The first kappa shape index (κ1) is 11.5. The molecule has 2 aliphatic rings. The van der Waals surface area contributed by atoms with E-state index in [9.17, 15) is 4.79 Å². The second kappa shape index (κ2) is 4.48. The first-order valence-corrected chi connectivity index (χ1v) is 6.11. The van der Waals surface area contributed by atoms with Gasteiger partial charge in [0.2, 0.25) is 0 Å². The number of carbonyl (C=O) groups excluding carboxylic acids is 1. The van der Waals surface area contributed by atoms with Gasteiger partial charge in [-0.2, -0.15) is 0 Å². The van der Waals surface area contributed by atoms with Crippen molar-refractivity contribution in [3.63, 3.8) is 0 Å². The lowest BCUT2D eigenvalue weighted by molar-refractivity contribution is 0.0257. The lowest BCUT2D eigenvalue weighted by Crippen LogP contribution is -2.36. The molecule has 0 unspecified atom stereocenters. The highest BCUT2D eigenvalue weighted by atomic mass is 16.7. The third kappa shape index (κ3) is 2.08. The summed E-state index contributed by atoms with van der Waals surface area (Å²) in [5, 5.41) is 0. The van der Waals surface area contributed by atoms with Crippen LogP contribution in [0.25, 0.3) is 0 Å². The Morgan fingerprint density at radius 3 is 2.94 bits per heavy atom. The van der Waals surface area contributed by atoms with Gasteiger partial charge < -0.3 is 9.47 Å². The number of fused-ring (bicyclic) bond motifs is 1. The van der Waals surface area contributed by atoms with Crippen molar-refractivity contribution in [1.29, 1.82) is 0 Å². The van der Waals surface area contributed by atoms with E-state index >= 15 is 0 Å². The van der Waals surface area contributed by atoms with Crippen LogP contribution in [0.5, 0.6) is 0 Å². The van der Waals surface area contributed by atoms with E-state index in [4.69, 9.17) is 4.74 Å². The fraction of sp³-hybridized carbons (Fsp3) is 0.769. The monoisotopic (exact) mass is 224 g/mol. The Bertz CT molecular complexity index is 308. The summed E-state index contributed by atoms with van der Waals surface area (Å²) in [6, 6.07) is 0. The number of carbonyl (C=O) groups is 1. The van der Waals surface area contributed by atoms with Gasteiger partial charge in [0.25, 0.3) is 0 Å². The zero-order valence-corrected chi connectivity index (χ0v) is 10.1. The standard InChI is InChI=1S/C13H20O3/c1-13-8-4-3-6-10(13)11(7-5-9-13)16-12(14)15-2/h6,11H,3-5,7-9H2,1-2H3/t11-,13+/m0/s1. The van der Waals surface area contributed by atoms with E-state index in [1.165, 1.54) is 31.9 Å². The molecule has 1 fully saturated rings. The highest BCUT2D eigenvalue weighted by Crippen LogP contribution is 2.48. The molecular formula is C13H20O3. The molecule has 0 aliphatic heterocycles. The highest BCUT2D eigenvalue weighted by molar-refractivity contribution is 5.60. The molecule has 0 amide bonds. The maximum atomic E-state index is 11.2. The minimum absolute atomic E-state index is 0.0495. The van der Waals surface area contributed by atoms with Crippen LogP contribution in [0.1, 0.15) is 45.4 Å². The van der Waals surface area contributed by atoms with Crippen molar-refractivity contribution >= 4 is 6.16 Å². The van der Waals surface area contributed by atoms with E-state index < -0.39 is 6.16 Å². The number of hydrogen-bond donors (Lipinski definition) is 0. The average molecular weight is 224 g/mol. The molecule has 0 aromatic carbocycles. The second-order valence-electron chi connectivity index (χ2n) is 5.07. The smallest absolute Gasteiger partial charge is 0.438 e. The maximum Gasteiger partial charge on any atom is 0.508 e. The molecule has 0 aromatic heterocycles. The fourth-order valence-electron chi connectivity index (χ4n) is 3.05. The van der Waals surface area contributed by atoms with Crippen LogP contribution < -0.4 is 0 Å². The lowest BCUT2D eigenvalue weighted by atomic mass is 9.65. The van der Waals surface area contributed by atoms with Gasteiger partial charge in [-0.3, -0.25) is 0 Å². The van der Waals surface area contributed by atoms with Gasteiger partial charge in [0.05, 0.1) is 7.11 Å². The molecule has 1 saturated carbocycles. The Hall–Kier alpha value is -0.990. The topological polar surface area (TPSA) is 35.5 Å². The zero-order chi connectivity index (χ0) is 11.6. The molecular weight excluding hydrogens is 204 g/mol. The first-order valence-electron chi connectivity index (χ1n) is 6.11. The van der Waals surface area contributed by atoms with Crippen LogP contribution in [0.4, 0.5) is 4.79 Å². The largest absolute Gasteiger partial charge is 0.508 e. The molecule has 2 aliphatic carbocycles. The molecule has 3 heteroatoms. The van der Waals surface area contributed by atoms with E-state index in [1.54, 1.807) is 0 Å². The Balaban J connectivity index is 2.13. The third-order valence-electron chi connectivity index (χ3n) is 3.94. The minimum Gasteiger partial charge on any atom is -0.438 e. The van der Waals surface area contributed by atoms with Gasteiger partial charge in [-0.05, 0) is 49.5 Å². The van der Waals surface area contributed by atoms with Crippen molar-refractivity contribution < 1.29 is 14.3 Å². The molecule has 90 valence electrons. The van der Waals surface area contributed by atoms with Gasteiger partial charge in [0.15, 0.2) is 0 Å². The maximum absolute atomic E-state index is 11.2. The zero-order valence-electron chi connectivity index (χ0n) is 10.1. The Labute approximate surface area is 96.8 Å².